The zero-order valence-corrected chi connectivity index (χ0v) is 11.6. The summed E-state index contributed by atoms with van der Waals surface area (Å²) in [7, 11) is 0. The SMILES string of the molecule is CCCCCC[C@@H](C)C(C)(C#N)C(=O)OCC. The number of rotatable bonds is 8. The lowest BCUT2D eigenvalue weighted by Crippen LogP contribution is -2.34. The molecule has 0 heterocycles. The maximum absolute atomic E-state index is 11.8. The summed E-state index contributed by atoms with van der Waals surface area (Å²) in [5.74, 6) is -0.339. The molecule has 0 aromatic rings. The highest BCUT2D eigenvalue weighted by Crippen LogP contribution is 2.32. The molecule has 0 radical (unpaired) electrons. The topological polar surface area (TPSA) is 50.1 Å². The second-order valence-corrected chi connectivity index (χ2v) is 4.79. The Labute approximate surface area is 105 Å². The van der Waals surface area contributed by atoms with Crippen LogP contribution < -0.4 is 0 Å². The van der Waals surface area contributed by atoms with Crippen LogP contribution in [0.5, 0.6) is 0 Å². The lowest BCUT2D eigenvalue weighted by atomic mass is 9.77. The standard InChI is InChI=1S/C14H25NO2/c1-5-7-8-9-10-12(3)14(4,11-15)13(16)17-6-2/h12H,5-10H2,1-4H3/t12-,14?/m1/s1. The molecule has 0 N–H and O–H groups in total. The molecule has 0 saturated heterocycles. The molecule has 17 heavy (non-hydrogen) atoms. The summed E-state index contributed by atoms with van der Waals surface area (Å²) in [6.07, 6.45) is 5.57. The van der Waals surface area contributed by atoms with Gasteiger partial charge in [-0.05, 0) is 26.2 Å². The fraction of sp³-hybridized carbons (Fsp3) is 0.857. The minimum Gasteiger partial charge on any atom is -0.465 e. The van der Waals surface area contributed by atoms with Crippen LogP contribution in [0, 0.1) is 22.7 Å². The van der Waals surface area contributed by atoms with E-state index in [2.05, 4.69) is 13.0 Å². The van der Waals surface area contributed by atoms with Crippen LogP contribution in [-0.2, 0) is 9.53 Å². The van der Waals surface area contributed by atoms with Crippen molar-refractivity contribution in [1.29, 1.82) is 5.26 Å². The van der Waals surface area contributed by atoms with Gasteiger partial charge in [0, 0.05) is 0 Å². The molecule has 1 unspecified atom stereocenters. The fourth-order valence-corrected chi connectivity index (χ4v) is 1.80. The maximum Gasteiger partial charge on any atom is 0.326 e. The Kier molecular flexibility index (Phi) is 7.61. The Morgan fingerprint density at radius 1 is 1.35 bits per heavy atom. The normalized spacial score (nSPS) is 15.7. The highest BCUT2D eigenvalue weighted by atomic mass is 16.5. The van der Waals surface area contributed by atoms with Gasteiger partial charge in [-0.3, -0.25) is 4.79 Å². The highest BCUT2D eigenvalue weighted by Gasteiger charge is 2.40. The van der Waals surface area contributed by atoms with Gasteiger partial charge >= 0.3 is 5.97 Å². The molecule has 0 aliphatic rings. The van der Waals surface area contributed by atoms with E-state index < -0.39 is 5.41 Å². The Balaban J connectivity index is 4.33. The maximum atomic E-state index is 11.8. The van der Waals surface area contributed by atoms with Crippen molar-refractivity contribution < 1.29 is 9.53 Å². The molecular formula is C14H25NO2. The van der Waals surface area contributed by atoms with Crippen molar-refractivity contribution in [3.05, 3.63) is 0 Å². The van der Waals surface area contributed by atoms with Crippen LogP contribution in [0.4, 0.5) is 0 Å². The van der Waals surface area contributed by atoms with Gasteiger partial charge in [0.25, 0.3) is 0 Å². The smallest absolute Gasteiger partial charge is 0.326 e. The lowest BCUT2D eigenvalue weighted by Gasteiger charge is -2.26. The van der Waals surface area contributed by atoms with Crippen LogP contribution in [0.1, 0.15) is 59.8 Å². The molecule has 98 valence electrons. The second-order valence-electron chi connectivity index (χ2n) is 4.79. The van der Waals surface area contributed by atoms with E-state index >= 15 is 0 Å². The molecule has 2 atom stereocenters. The Morgan fingerprint density at radius 2 is 2.00 bits per heavy atom. The van der Waals surface area contributed by atoms with Crippen LogP contribution in [0.15, 0.2) is 0 Å². The van der Waals surface area contributed by atoms with E-state index in [4.69, 9.17) is 4.74 Å². The van der Waals surface area contributed by atoms with Crippen LogP contribution in [0.25, 0.3) is 0 Å². The average molecular weight is 239 g/mol. The molecule has 0 saturated carbocycles. The monoisotopic (exact) mass is 239 g/mol. The summed E-state index contributed by atoms with van der Waals surface area (Å²) < 4.78 is 4.99. The van der Waals surface area contributed by atoms with Gasteiger partial charge in [0.15, 0.2) is 5.41 Å². The van der Waals surface area contributed by atoms with Crippen molar-refractivity contribution in [2.24, 2.45) is 11.3 Å². The van der Waals surface area contributed by atoms with Gasteiger partial charge in [-0.1, -0.05) is 39.5 Å². The van der Waals surface area contributed by atoms with E-state index in [1.54, 1.807) is 13.8 Å². The van der Waals surface area contributed by atoms with Gasteiger partial charge in [-0.25, -0.2) is 0 Å². The third-order valence-electron chi connectivity index (χ3n) is 3.41. The quantitative estimate of drug-likeness (QED) is 0.479. The van der Waals surface area contributed by atoms with E-state index in [1.165, 1.54) is 19.3 Å². The number of hydrogen-bond donors (Lipinski definition) is 0. The molecule has 0 aliphatic heterocycles. The second kappa shape index (κ2) is 8.11. The number of carbonyl (C=O) groups excluding carboxylic acids is 1. The van der Waals surface area contributed by atoms with E-state index in [0.29, 0.717) is 6.61 Å². The first kappa shape index (κ1) is 16.0. The first-order valence-electron chi connectivity index (χ1n) is 6.61. The molecule has 0 amide bonds. The summed E-state index contributed by atoms with van der Waals surface area (Å²) in [6.45, 7) is 7.92. The van der Waals surface area contributed by atoms with E-state index in [1.807, 2.05) is 6.92 Å². The van der Waals surface area contributed by atoms with E-state index in [-0.39, 0.29) is 11.9 Å². The summed E-state index contributed by atoms with van der Waals surface area (Å²) in [5.41, 5.74) is -0.998. The summed E-state index contributed by atoms with van der Waals surface area (Å²) >= 11 is 0. The number of carbonyl (C=O) groups is 1. The van der Waals surface area contributed by atoms with Crippen molar-refractivity contribution in [3.8, 4) is 6.07 Å². The van der Waals surface area contributed by atoms with Crippen molar-refractivity contribution in [2.45, 2.75) is 59.8 Å². The molecule has 0 aromatic carbocycles. The molecule has 0 rings (SSSR count). The number of hydrogen-bond acceptors (Lipinski definition) is 3. The predicted octanol–water partition coefficient (Wildman–Crippen LogP) is 3.69. The third-order valence-corrected chi connectivity index (χ3v) is 3.41. The van der Waals surface area contributed by atoms with Gasteiger partial charge in [0.05, 0.1) is 12.7 Å². The number of ether oxygens (including phenoxy) is 1. The molecule has 0 spiro atoms. The van der Waals surface area contributed by atoms with Crippen LogP contribution in [0.2, 0.25) is 0 Å². The van der Waals surface area contributed by atoms with Gasteiger partial charge in [0.2, 0.25) is 0 Å². The molecule has 0 aliphatic carbocycles. The van der Waals surface area contributed by atoms with Gasteiger partial charge in [-0.2, -0.15) is 5.26 Å². The number of nitriles is 1. The minimum atomic E-state index is -0.998. The first-order valence-corrected chi connectivity index (χ1v) is 6.61. The van der Waals surface area contributed by atoms with Crippen molar-refractivity contribution >= 4 is 5.97 Å². The van der Waals surface area contributed by atoms with Crippen LogP contribution >= 0.6 is 0 Å². The first-order chi connectivity index (χ1) is 8.02. The van der Waals surface area contributed by atoms with E-state index in [0.717, 1.165) is 12.8 Å². The molecule has 3 nitrogen and oxygen atoms in total. The zero-order chi connectivity index (χ0) is 13.3. The average Bonchev–Trinajstić information content (AvgIpc) is 2.33. The van der Waals surface area contributed by atoms with Gasteiger partial charge < -0.3 is 4.74 Å². The number of unbranched alkanes of at least 4 members (excludes halogenated alkanes) is 3. The lowest BCUT2D eigenvalue weighted by molar-refractivity contribution is -0.153. The zero-order valence-electron chi connectivity index (χ0n) is 11.6. The van der Waals surface area contributed by atoms with Crippen LogP contribution in [-0.4, -0.2) is 12.6 Å². The number of esters is 1. The van der Waals surface area contributed by atoms with Crippen molar-refractivity contribution in [1.82, 2.24) is 0 Å². The van der Waals surface area contributed by atoms with Crippen LogP contribution in [0.3, 0.4) is 0 Å². The fourth-order valence-electron chi connectivity index (χ4n) is 1.80. The molecule has 0 fully saturated rings. The van der Waals surface area contributed by atoms with Gasteiger partial charge in [0.1, 0.15) is 0 Å². The third kappa shape index (κ3) is 4.77. The highest BCUT2D eigenvalue weighted by molar-refractivity contribution is 5.79. The van der Waals surface area contributed by atoms with E-state index in [9.17, 15) is 10.1 Å². The van der Waals surface area contributed by atoms with Crippen molar-refractivity contribution in [2.75, 3.05) is 6.61 Å². The minimum absolute atomic E-state index is 0.0448. The summed E-state index contributed by atoms with van der Waals surface area (Å²) in [5, 5.41) is 9.20. The molecule has 0 aromatic heterocycles. The summed E-state index contributed by atoms with van der Waals surface area (Å²) in [6, 6.07) is 2.13. The number of nitrogens with zero attached hydrogens (tertiary/aromatic N) is 1. The predicted molar refractivity (Wildman–Crippen MR) is 68.3 cm³/mol. The summed E-state index contributed by atoms with van der Waals surface area (Å²) in [4.78, 5) is 11.8. The largest absolute Gasteiger partial charge is 0.465 e. The Bertz CT molecular complexity index is 270. The molecule has 3 heteroatoms. The Hall–Kier alpha value is -1.04. The van der Waals surface area contributed by atoms with Crippen molar-refractivity contribution in [3.63, 3.8) is 0 Å². The van der Waals surface area contributed by atoms with Gasteiger partial charge in [-0.15, -0.1) is 0 Å². The Morgan fingerprint density at radius 3 is 2.47 bits per heavy atom. The molecule has 0 bridgehead atoms. The molecular weight excluding hydrogens is 214 g/mol.